The first-order valence-electron chi connectivity index (χ1n) is 10.6. The average molecular weight is 486 g/mol. The Morgan fingerprint density at radius 2 is 1.64 bits per heavy atom. The molecule has 174 valence electrons. The molecule has 1 N–H and O–H groups in total. The number of hydrogen-bond acceptors (Lipinski definition) is 7. The Labute approximate surface area is 195 Å². The van der Waals surface area contributed by atoms with Crippen LogP contribution in [0, 0.1) is 0 Å². The molecule has 3 aromatic rings. The van der Waals surface area contributed by atoms with Gasteiger partial charge in [0, 0.05) is 36.8 Å². The van der Waals surface area contributed by atoms with Gasteiger partial charge in [-0.2, -0.15) is 0 Å². The van der Waals surface area contributed by atoms with E-state index in [1.807, 2.05) is 43.0 Å². The third kappa shape index (κ3) is 4.72. The maximum absolute atomic E-state index is 13.4. The van der Waals surface area contributed by atoms with Crippen LogP contribution in [0.2, 0.25) is 0 Å². The standard InChI is InChI=1S/C24H27N3O4S2/c1-17(2)27-23(16-26-24(27)33(30,31)21-10-5-4-6-11-21)19-9-7-8-18(12-19)20-13-22(15-25-14-20)32(3,28)29/h4-15,17,23-24,26H,16H2,1-3H3. The van der Waals surface area contributed by atoms with Crippen molar-refractivity contribution >= 4 is 19.7 Å². The summed E-state index contributed by atoms with van der Waals surface area (Å²) in [5.41, 5.74) is 1.62. The molecule has 0 saturated carbocycles. The molecule has 4 rings (SSSR count). The van der Waals surface area contributed by atoms with Crippen LogP contribution in [0.15, 0.2) is 82.8 Å². The van der Waals surface area contributed by atoms with Crippen molar-refractivity contribution in [3.8, 4) is 11.1 Å². The zero-order valence-electron chi connectivity index (χ0n) is 18.7. The van der Waals surface area contributed by atoms with Gasteiger partial charge in [0.05, 0.1) is 15.8 Å². The second-order valence-electron chi connectivity index (χ2n) is 8.48. The highest BCUT2D eigenvalue weighted by Crippen LogP contribution is 2.35. The van der Waals surface area contributed by atoms with Crippen LogP contribution in [-0.4, -0.2) is 51.1 Å². The quantitative estimate of drug-likeness (QED) is 0.572. The molecule has 0 bridgehead atoms. The summed E-state index contributed by atoms with van der Waals surface area (Å²) in [6.45, 7) is 4.44. The lowest BCUT2D eigenvalue weighted by Gasteiger charge is -2.32. The Kier molecular flexibility index (Phi) is 6.41. The fraction of sp³-hybridized carbons (Fsp3) is 0.292. The monoisotopic (exact) mass is 485 g/mol. The minimum absolute atomic E-state index is 0.0348. The highest BCUT2D eigenvalue weighted by Gasteiger charge is 2.43. The summed E-state index contributed by atoms with van der Waals surface area (Å²) in [6.07, 6.45) is 4.12. The third-order valence-electron chi connectivity index (χ3n) is 5.82. The second-order valence-corrected chi connectivity index (χ2v) is 12.5. The van der Waals surface area contributed by atoms with E-state index in [0.29, 0.717) is 12.1 Å². The molecule has 2 atom stereocenters. The van der Waals surface area contributed by atoms with Gasteiger partial charge in [0.15, 0.2) is 15.3 Å². The minimum Gasteiger partial charge on any atom is -0.287 e. The lowest BCUT2D eigenvalue weighted by molar-refractivity contribution is 0.185. The molecule has 2 aromatic carbocycles. The number of nitrogens with one attached hydrogen (secondary N) is 1. The number of aromatic nitrogens is 1. The van der Waals surface area contributed by atoms with E-state index in [9.17, 15) is 16.8 Å². The molecule has 2 heterocycles. The first-order valence-corrected chi connectivity index (χ1v) is 14.1. The van der Waals surface area contributed by atoms with Gasteiger partial charge < -0.3 is 0 Å². The summed E-state index contributed by atoms with van der Waals surface area (Å²) in [7, 11) is -7.00. The largest absolute Gasteiger partial charge is 0.287 e. The predicted octanol–water partition coefficient (Wildman–Crippen LogP) is 3.26. The Hall–Kier alpha value is -2.59. The maximum Gasteiger partial charge on any atom is 0.208 e. The van der Waals surface area contributed by atoms with E-state index in [1.165, 1.54) is 6.20 Å². The summed E-state index contributed by atoms with van der Waals surface area (Å²) in [4.78, 5) is 6.51. The van der Waals surface area contributed by atoms with E-state index in [1.54, 1.807) is 42.6 Å². The van der Waals surface area contributed by atoms with E-state index in [2.05, 4.69) is 10.3 Å². The molecule has 7 nitrogen and oxygen atoms in total. The molecule has 1 saturated heterocycles. The van der Waals surface area contributed by atoms with E-state index < -0.39 is 25.2 Å². The zero-order chi connectivity index (χ0) is 23.8. The fourth-order valence-corrected chi connectivity index (χ4v) is 6.64. The van der Waals surface area contributed by atoms with Crippen molar-refractivity contribution in [3.05, 3.63) is 78.6 Å². The van der Waals surface area contributed by atoms with Crippen molar-refractivity contribution in [2.45, 2.75) is 41.2 Å². The third-order valence-corrected chi connectivity index (χ3v) is 8.83. The molecular weight excluding hydrogens is 458 g/mol. The van der Waals surface area contributed by atoms with Gasteiger partial charge >= 0.3 is 0 Å². The summed E-state index contributed by atoms with van der Waals surface area (Å²) in [5, 5.41) is 3.21. The molecule has 0 radical (unpaired) electrons. The number of hydrogen-bond donors (Lipinski definition) is 1. The van der Waals surface area contributed by atoms with E-state index >= 15 is 0 Å². The number of pyridine rings is 1. The minimum atomic E-state index is -3.62. The lowest BCUT2D eigenvalue weighted by Crippen LogP contribution is -2.46. The average Bonchev–Trinajstić information content (AvgIpc) is 3.26. The highest BCUT2D eigenvalue weighted by molar-refractivity contribution is 7.92. The van der Waals surface area contributed by atoms with E-state index in [4.69, 9.17) is 0 Å². The van der Waals surface area contributed by atoms with Crippen LogP contribution in [-0.2, 0) is 19.7 Å². The molecule has 1 aliphatic rings. The van der Waals surface area contributed by atoms with Crippen LogP contribution in [0.4, 0.5) is 0 Å². The molecule has 33 heavy (non-hydrogen) atoms. The van der Waals surface area contributed by atoms with Crippen LogP contribution >= 0.6 is 0 Å². The number of nitrogens with zero attached hydrogens (tertiary/aromatic N) is 2. The molecule has 0 amide bonds. The smallest absolute Gasteiger partial charge is 0.208 e. The normalized spacial score (nSPS) is 19.8. The first kappa shape index (κ1) is 23.6. The van der Waals surface area contributed by atoms with Crippen molar-refractivity contribution < 1.29 is 16.8 Å². The summed E-state index contributed by atoms with van der Waals surface area (Å²) in [6, 6.07) is 17.6. The van der Waals surface area contributed by atoms with Crippen LogP contribution in [0.3, 0.4) is 0 Å². The molecule has 1 aliphatic heterocycles. The van der Waals surface area contributed by atoms with Gasteiger partial charge in [0.1, 0.15) is 0 Å². The van der Waals surface area contributed by atoms with Gasteiger partial charge in [0.2, 0.25) is 9.84 Å². The van der Waals surface area contributed by atoms with Gasteiger partial charge in [-0.05, 0) is 49.2 Å². The van der Waals surface area contributed by atoms with E-state index in [-0.39, 0.29) is 21.9 Å². The summed E-state index contributed by atoms with van der Waals surface area (Å²) >= 11 is 0. The topological polar surface area (TPSA) is 96.4 Å². The Morgan fingerprint density at radius 1 is 0.909 bits per heavy atom. The van der Waals surface area contributed by atoms with Crippen molar-refractivity contribution in [2.24, 2.45) is 0 Å². The summed E-state index contributed by atoms with van der Waals surface area (Å²) in [5.74, 6) is 0. The zero-order valence-corrected chi connectivity index (χ0v) is 20.3. The summed E-state index contributed by atoms with van der Waals surface area (Å²) < 4.78 is 50.6. The van der Waals surface area contributed by atoms with Gasteiger partial charge in [0.25, 0.3) is 0 Å². The second kappa shape index (κ2) is 8.98. The van der Waals surface area contributed by atoms with Crippen LogP contribution in [0.25, 0.3) is 11.1 Å². The van der Waals surface area contributed by atoms with Gasteiger partial charge in [-0.3, -0.25) is 15.2 Å². The van der Waals surface area contributed by atoms with Gasteiger partial charge in [-0.15, -0.1) is 0 Å². The van der Waals surface area contributed by atoms with E-state index in [0.717, 1.165) is 17.4 Å². The van der Waals surface area contributed by atoms with Crippen LogP contribution in [0.1, 0.15) is 25.5 Å². The molecule has 0 spiro atoms. The van der Waals surface area contributed by atoms with Crippen LogP contribution < -0.4 is 5.32 Å². The maximum atomic E-state index is 13.4. The molecule has 1 aromatic heterocycles. The van der Waals surface area contributed by atoms with Gasteiger partial charge in [-0.25, -0.2) is 16.8 Å². The molecular formula is C24H27N3O4S2. The number of rotatable bonds is 6. The Morgan fingerprint density at radius 3 is 2.30 bits per heavy atom. The lowest BCUT2D eigenvalue weighted by atomic mass is 9.99. The first-order chi connectivity index (χ1) is 15.6. The molecule has 9 heteroatoms. The van der Waals surface area contributed by atoms with Crippen molar-refractivity contribution in [1.29, 1.82) is 0 Å². The molecule has 2 unspecified atom stereocenters. The number of benzene rings is 2. The van der Waals surface area contributed by atoms with Crippen molar-refractivity contribution in [2.75, 3.05) is 12.8 Å². The Balaban J connectivity index is 1.70. The van der Waals surface area contributed by atoms with Crippen molar-refractivity contribution in [3.63, 3.8) is 0 Å². The highest BCUT2D eigenvalue weighted by atomic mass is 32.2. The van der Waals surface area contributed by atoms with Crippen LogP contribution in [0.5, 0.6) is 0 Å². The van der Waals surface area contributed by atoms with Crippen molar-refractivity contribution in [1.82, 2.24) is 15.2 Å². The predicted molar refractivity (Wildman–Crippen MR) is 128 cm³/mol. The SMILES string of the molecule is CC(C)N1C(c2cccc(-c3cncc(S(C)(=O)=O)c3)c2)CNC1S(=O)(=O)c1ccccc1. The molecule has 0 aliphatic carbocycles. The Bertz CT molecular complexity index is 1360. The van der Waals surface area contributed by atoms with Gasteiger partial charge in [-0.1, -0.05) is 36.4 Å². The number of sulfone groups is 2. The fourth-order valence-electron chi connectivity index (χ4n) is 4.22. The molecule has 1 fully saturated rings.